The third-order valence-corrected chi connectivity index (χ3v) is 5.72. The monoisotopic (exact) mass is 460 g/mol. The summed E-state index contributed by atoms with van der Waals surface area (Å²) in [6.07, 6.45) is 2.97. The number of nitrogens with zero attached hydrogens (tertiary/aromatic N) is 1. The summed E-state index contributed by atoms with van der Waals surface area (Å²) in [5, 5.41) is 6.02. The highest BCUT2D eigenvalue weighted by atomic mass is 35.5. The van der Waals surface area contributed by atoms with Crippen LogP contribution in [0.15, 0.2) is 53.9 Å². The second kappa shape index (κ2) is 10.4. The number of rotatable bonds is 7. The van der Waals surface area contributed by atoms with Crippen molar-refractivity contribution in [1.82, 2.24) is 4.98 Å². The number of amides is 1. The highest BCUT2D eigenvalue weighted by molar-refractivity contribution is 7.09. The number of esters is 1. The van der Waals surface area contributed by atoms with E-state index in [2.05, 4.69) is 10.3 Å². The Balaban J connectivity index is 1.48. The lowest BCUT2D eigenvalue weighted by Crippen LogP contribution is -2.14. The topological polar surface area (TPSA) is 68.3 Å². The van der Waals surface area contributed by atoms with E-state index < -0.39 is 5.97 Å². The van der Waals surface area contributed by atoms with Crippen LogP contribution in [0.2, 0.25) is 10.0 Å². The summed E-state index contributed by atoms with van der Waals surface area (Å²) in [6.45, 7) is 2.00. The zero-order chi connectivity index (χ0) is 21.5. The largest absolute Gasteiger partial charge is 0.456 e. The van der Waals surface area contributed by atoms with Crippen molar-refractivity contribution in [3.8, 4) is 0 Å². The fraction of sp³-hybridized carbons (Fsp3) is 0.136. The summed E-state index contributed by atoms with van der Waals surface area (Å²) in [5.74, 6) is -0.684. The van der Waals surface area contributed by atoms with Gasteiger partial charge in [-0.15, -0.1) is 11.3 Å². The van der Waals surface area contributed by atoms with Gasteiger partial charge in [0.2, 0.25) is 5.91 Å². The third-order valence-electron chi connectivity index (χ3n) is 3.99. The number of thiazole rings is 1. The highest BCUT2D eigenvalue weighted by Crippen LogP contribution is 2.26. The first-order chi connectivity index (χ1) is 14.4. The van der Waals surface area contributed by atoms with Gasteiger partial charge >= 0.3 is 5.97 Å². The van der Waals surface area contributed by atoms with Crippen molar-refractivity contribution in [1.29, 1.82) is 0 Å². The van der Waals surface area contributed by atoms with E-state index in [1.54, 1.807) is 29.7 Å². The van der Waals surface area contributed by atoms with Crippen molar-refractivity contribution in [2.45, 2.75) is 20.0 Å². The molecule has 3 aromatic rings. The van der Waals surface area contributed by atoms with Gasteiger partial charge in [0, 0.05) is 17.1 Å². The van der Waals surface area contributed by atoms with Crippen LogP contribution in [0.25, 0.3) is 6.08 Å². The van der Waals surface area contributed by atoms with Gasteiger partial charge in [-0.1, -0.05) is 53.0 Å². The maximum Gasteiger partial charge on any atom is 0.331 e. The summed E-state index contributed by atoms with van der Waals surface area (Å²) in [4.78, 5) is 28.4. The standard InChI is InChI=1S/C22H18Cl2N2O3S/c1-14-5-8-16(9-6-14)25-19(27)11-20-26-17(13-30-20)12-29-21(28)10-7-15-3-2-4-18(23)22(15)24/h2-10,13H,11-12H2,1H3,(H,25,27)/b10-7+. The molecule has 0 saturated heterocycles. The molecule has 0 fully saturated rings. The molecule has 0 aliphatic rings. The Labute approximate surface area is 188 Å². The van der Waals surface area contributed by atoms with Crippen LogP contribution in [0.1, 0.15) is 21.8 Å². The Morgan fingerprint density at radius 2 is 1.93 bits per heavy atom. The number of aryl methyl sites for hydroxylation is 1. The second-order valence-corrected chi connectivity index (χ2v) is 8.14. The fourth-order valence-electron chi connectivity index (χ4n) is 2.48. The molecule has 0 radical (unpaired) electrons. The average molecular weight is 461 g/mol. The third kappa shape index (κ3) is 6.42. The molecule has 0 unspecified atom stereocenters. The summed E-state index contributed by atoms with van der Waals surface area (Å²) >= 11 is 13.4. The van der Waals surface area contributed by atoms with E-state index in [9.17, 15) is 9.59 Å². The molecular weight excluding hydrogens is 443 g/mol. The molecule has 2 aromatic carbocycles. The molecule has 0 aliphatic heterocycles. The van der Waals surface area contributed by atoms with Crippen LogP contribution >= 0.6 is 34.5 Å². The van der Waals surface area contributed by atoms with Crippen LogP contribution in [0.5, 0.6) is 0 Å². The first-order valence-corrected chi connectivity index (χ1v) is 10.6. The van der Waals surface area contributed by atoms with Crippen LogP contribution in [0.4, 0.5) is 5.69 Å². The molecule has 0 spiro atoms. The van der Waals surface area contributed by atoms with E-state index in [0.29, 0.717) is 26.3 Å². The zero-order valence-corrected chi connectivity index (χ0v) is 18.4. The van der Waals surface area contributed by atoms with Crippen LogP contribution in [0.3, 0.4) is 0 Å². The second-order valence-electron chi connectivity index (χ2n) is 6.41. The van der Waals surface area contributed by atoms with Gasteiger partial charge in [0.25, 0.3) is 0 Å². The van der Waals surface area contributed by atoms with Crippen LogP contribution in [-0.4, -0.2) is 16.9 Å². The molecule has 1 aromatic heterocycles. The zero-order valence-electron chi connectivity index (χ0n) is 16.0. The Bertz CT molecular complexity index is 1080. The summed E-state index contributed by atoms with van der Waals surface area (Å²) in [7, 11) is 0. The molecular formula is C22H18Cl2N2O3S. The number of halogens is 2. The first kappa shape index (κ1) is 22.0. The lowest BCUT2D eigenvalue weighted by molar-refractivity contribution is -0.139. The predicted octanol–water partition coefficient (Wildman–Crippen LogP) is 5.70. The van der Waals surface area contributed by atoms with Gasteiger partial charge in [0.1, 0.15) is 11.6 Å². The molecule has 154 valence electrons. The number of benzene rings is 2. The van der Waals surface area contributed by atoms with E-state index in [0.717, 1.165) is 11.3 Å². The molecule has 30 heavy (non-hydrogen) atoms. The lowest BCUT2D eigenvalue weighted by atomic mass is 10.2. The average Bonchev–Trinajstić information content (AvgIpc) is 3.16. The molecule has 0 atom stereocenters. The van der Waals surface area contributed by atoms with Gasteiger partial charge < -0.3 is 10.1 Å². The molecule has 0 bridgehead atoms. The number of carbonyl (C=O) groups is 2. The van der Waals surface area contributed by atoms with Gasteiger partial charge in [-0.3, -0.25) is 4.79 Å². The number of carbonyl (C=O) groups excluding carboxylic acids is 2. The predicted molar refractivity (Wildman–Crippen MR) is 121 cm³/mol. The van der Waals surface area contributed by atoms with E-state index in [1.807, 2.05) is 31.2 Å². The number of anilines is 1. The molecule has 3 rings (SSSR count). The van der Waals surface area contributed by atoms with E-state index >= 15 is 0 Å². The smallest absolute Gasteiger partial charge is 0.331 e. The van der Waals surface area contributed by atoms with E-state index in [1.165, 1.54) is 17.4 Å². The van der Waals surface area contributed by atoms with Gasteiger partial charge in [-0.05, 0) is 36.8 Å². The first-order valence-electron chi connectivity index (χ1n) is 8.99. The van der Waals surface area contributed by atoms with Crippen LogP contribution in [0, 0.1) is 6.92 Å². The number of ether oxygens (including phenoxy) is 1. The molecule has 0 saturated carbocycles. The van der Waals surface area contributed by atoms with E-state index in [4.69, 9.17) is 27.9 Å². The van der Waals surface area contributed by atoms with Crippen molar-refractivity contribution in [2.75, 3.05) is 5.32 Å². The van der Waals surface area contributed by atoms with Crippen molar-refractivity contribution in [2.24, 2.45) is 0 Å². The Morgan fingerprint density at radius 1 is 1.17 bits per heavy atom. The Morgan fingerprint density at radius 3 is 2.70 bits per heavy atom. The minimum absolute atomic E-state index is 0.0164. The lowest BCUT2D eigenvalue weighted by Gasteiger charge is -2.04. The number of aromatic nitrogens is 1. The van der Waals surface area contributed by atoms with E-state index in [-0.39, 0.29) is 18.9 Å². The van der Waals surface area contributed by atoms with Gasteiger partial charge in [-0.25, -0.2) is 9.78 Å². The van der Waals surface area contributed by atoms with Crippen molar-refractivity contribution >= 4 is 58.2 Å². The summed E-state index contributed by atoms with van der Waals surface area (Å²) in [6, 6.07) is 12.7. The van der Waals surface area contributed by atoms with Crippen molar-refractivity contribution < 1.29 is 14.3 Å². The maximum absolute atomic E-state index is 12.2. The molecule has 1 amide bonds. The fourth-order valence-corrected chi connectivity index (χ4v) is 3.62. The van der Waals surface area contributed by atoms with Crippen LogP contribution < -0.4 is 5.32 Å². The molecule has 1 N–H and O–H groups in total. The number of hydrogen-bond acceptors (Lipinski definition) is 5. The minimum atomic E-state index is -0.530. The van der Waals surface area contributed by atoms with Crippen LogP contribution in [-0.2, 0) is 27.4 Å². The van der Waals surface area contributed by atoms with Crippen molar-refractivity contribution in [3.63, 3.8) is 0 Å². The number of hydrogen-bond donors (Lipinski definition) is 1. The Kier molecular flexibility index (Phi) is 7.63. The van der Waals surface area contributed by atoms with Gasteiger partial charge in [0.05, 0.1) is 22.2 Å². The maximum atomic E-state index is 12.2. The quantitative estimate of drug-likeness (QED) is 0.362. The van der Waals surface area contributed by atoms with Gasteiger partial charge in [-0.2, -0.15) is 0 Å². The summed E-state index contributed by atoms with van der Waals surface area (Å²) < 4.78 is 5.19. The molecule has 5 nitrogen and oxygen atoms in total. The Hall–Kier alpha value is -2.67. The number of nitrogens with one attached hydrogen (secondary N) is 1. The molecule has 0 aliphatic carbocycles. The normalized spacial score (nSPS) is 10.9. The van der Waals surface area contributed by atoms with Crippen molar-refractivity contribution in [3.05, 3.63) is 85.8 Å². The minimum Gasteiger partial charge on any atom is -0.456 e. The molecule has 1 heterocycles. The highest BCUT2D eigenvalue weighted by Gasteiger charge is 2.10. The van der Waals surface area contributed by atoms with Gasteiger partial charge in [0.15, 0.2) is 0 Å². The summed E-state index contributed by atoms with van der Waals surface area (Å²) in [5.41, 5.74) is 3.07. The molecule has 8 heteroatoms. The SMILES string of the molecule is Cc1ccc(NC(=O)Cc2nc(COC(=O)/C=C/c3cccc(Cl)c3Cl)cs2)cc1.